The Morgan fingerprint density at radius 1 is 0.963 bits per heavy atom. The van der Waals surface area contributed by atoms with Crippen LogP contribution in [-0.2, 0) is 25.4 Å². The number of hydrogen-bond acceptors (Lipinski definition) is 6. The van der Waals surface area contributed by atoms with Crippen molar-refractivity contribution in [2.75, 3.05) is 33.0 Å². The maximum atomic E-state index is 12.6. The molecule has 0 N–H and O–H groups in total. The van der Waals surface area contributed by atoms with Gasteiger partial charge in [-0.2, -0.15) is 0 Å². The summed E-state index contributed by atoms with van der Waals surface area (Å²) in [7, 11) is 0. The summed E-state index contributed by atoms with van der Waals surface area (Å²) in [5, 5.41) is 0. The predicted molar refractivity (Wildman–Crippen MR) is 103 cm³/mol. The highest BCUT2D eigenvalue weighted by atomic mass is 16.6. The number of benzene rings is 1. The van der Waals surface area contributed by atoms with Crippen LogP contribution in [0.5, 0.6) is 0 Å². The van der Waals surface area contributed by atoms with Crippen molar-refractivity contribution in [2.45, 2.75) is 53.1 Å². The summed E-state index contributed by atoms with van der Waals surface area (Å²) < 4.78 is 21.5. The van der Waals surface area contributed by atoms with Crippen LogP contribution in [0.2, 0.25) is 0 Å². The van der Waals surface area contributed by atoms with Gasteiger partial charge in [0.15, 0.2) is 0 Å². The van der Waals surface area contributed by atoms with Crippen molar-refractivity contribution in [1.29, 1.82) is 0 Å². The molecule has 1 aromatic carbocycles. The molecule has 0 unspecified atom stereocenters. The van der Waals surface area contributed by atoms with Crippen LogP contribution in [0.25, 0.3) is 0 Å². The predicted octanol–water partition coefficient (Wildman–Crippen LogP) is 3.80. The van der Waals surface area contributed by atoms with Crippen molar-refractivity contribution < 1.29 is 28.5 Å². The van der Waals surface area contributed by atoms with Crippen LogP contribution in [0.4, 0.5) is 0 Å². The third-order valence-electron chi connectivity index (χ3n) is 3.96. The van der Waals surface area contributed by atoms with Crippen molar-refractivity contribution in [1.82, 2.24) is 0 Å². The van der Waals surface area contributed by atoms with Crippen molar-refractivity contribution in [3.63, 3.8) is 0 Å². The summed E-state index contributed by atoms with van der Waals surface area (Å²) in [5.74, 6) is -0.814. The van der Waals surface area contributed by atoms with Crippen LogP contribution in [0.15, 0.2) is 18.2 Å². The van der Waals surface area contributed by atoms with Gasteiger partial charge in [-0.3, -0.25) is 0 Å². The van der Waals surface area contributed by atoms with Gasteiger partial charge in [0.25, 0.3) is 0 Å². The van der Waals surface area contributed by atoms with E-state index in [2.05, 4.69) is 0 Å². The summed E-state index contributed by atoms with van der Waals surface area (Å²) in [6.45, 7) is 9.77. The van der Waals surface area contributed by atoms with E-state index in [1.54, 1.807) is 18.2 Å². The van der Waals surface area contributed by atoms with Crippen LogP contribution < -0.4 is 0 Å². The Labute approximate surface area is 162 Å². The normalized spacial score (nSPS) is 10.9. The minimum atomic E-state index is -0.471. The van der Waals surface area contributed by atoms with Gasteiger partial charge in [-0.15, -0.1) is 0 Å². The third kappa shape index (κ3) is 8.10. The van der Waals surface area contributed by atoms with E-state index in [-0.39, 0.29) is 19.2 Å². The molecular formula is C21H32O6. The Kier molecular flexibility index (Phi) is 11.4. The van der Waals surface area contributed by atoms with Gasteiger partial charge in [0.1, 0.15) is 6.10 Å². The lowest BCUT2D eigenvalue weighted by Gasteiger charge is -2.18. The van der Waals surface area contributed by atoms with Gasteiger partial charge in [-0.05, 0) is 50.5 Å². The second-order valence-corrected chi connectivity index (χ2v) is 6.06. The molecule has 0 bridgehead atoms. The second-order valence-electron chi connectivity index (χ2n) is 6.06. The van der Waals surface area contributed by atoms with Gasteiger partial charge < -0.3 is 18.9 Å². The zero-order valence-electron chi connectivity index (χ0n) is 16.9. The first kappa shape index (κ1) is 23.1. The average molecular weight is 380 g/mol. The van der Waals surface area contributed by atoms with E-state index >= 15 is 0 Å². The number of carbonyl (C=O) groups excluding carboxylic acids is 2. The van der Waals surface area contributed by atoms with E-state index in [9.17, 15) is 9.59 Å². The van der Waals surface area contributed by atoms with Gasteiger partial charge in [0.2, 0.25) is 0 Å². The summed E-state index contributed by atoms with van der Waals surface area (Å²) in [6, 6.07) is 4.92. The molecule has 6 heteroatoms. The first-order valence-electron chi connectivity index (χ1n) is 9.73. The van der Waals surface area contributed by atoms with E-state index in [0.29, 0.717) is 37.4 Å². The Bertz CT molecular complexity index is 576. The van der Waals surface area contributed by atoms with Crippen LogP contribution >= 0.6 is 0 Å². The fraction of sp³-hybridized carbons (Fsp3) is 0.619. The highest BCUT2D eigenvalue weighted by molar-refractivity contribution is 5.95. The van der Waals surface area contributed by atoms with Gasteiger partial charge >= 0.3 is 11.9 Å². The Balaban J connectivity index is 2.84. The van der Waals surface area contributed by atoms with E-state index < -0.39 is 12.1 Å². The fourth-order valence-electron chi connectivity index (χ4n) is 2.43. The van der Waals surface area contributed by atoms with Crippen molar-refractivity contribution in [2.24, 2.45) is 0 Å². The van der Waals surface area contributed by atoms with Crippen LogP contribution in [0, 0.1) is 0 Å². The summed E-state index contributed by atoms with van der Waals surface area (Å²) >= 11 is 0. The van der Waals surface area contributed by atoms with Crippen molar-refractivity contribution in [3.05, 3.63) is 34.9 Å². The van der Waals surface area contributed by atoms with E-state index in [1.165, 1.54) is 0 Å². The monoisotopic (exact) mass is 380 g/mol. The number of aryl methyl sites for hydroxylation is 1. The average Bonchev–Trinajstić information content (AvgIpc) is 2.69. The minimum absolute atomic E-state index is 0.283. The quantitative estimate of drug-likeness (QED) is 0.383. The van der Waals surface area contributed by atoms with Crippen molar-refractivity contribution >= 4 is 11.9 Å². The number of ether oxygens (including phenoxy) is 4. The minimum Gasteiger partial charge on any atom is -0.462 e. The lowest BCUT2D eigenvalue weighted by molar-refractivity contribution is -0.0364. The lowest BCUT2D eigenvalue weighted by Crippen LogP contribution is -2.29. The molecule has 0 spiro atoms. The first-order valence-corrected chi connectivity index (χ1v) is 9.73. The number of hydrogen-bond donors (Lipinski definition) is 0. The number of rotatable bonds is 13. The van der Waals surface area contributed by atoms with Crippen LogP contribution in [-0.4, -0.2) is 51.1 Å². The maximum Gasteiger partial charge on any atom is 0.338 e. The Hall–Kier alpha value is -1.92. The maximum absolute atomic E-state index is 12.6. The molecule has 0 aliphatic rings. The van der Waals surface area contributed by atoms with Crippen LogP contribution in [0.1, 0.15) is 66.8 Å². The first-order chi connectivity index (χ1) is 13.1. The van der Waals surface area contributed by atoms with E-state index in [1.807, 2.05) is 27.7 Å². The van der Waals surface area contributed by atoms with E-state index in [0.717, 1.165) is 18.4 Å². The number of esters is 2. The van der Waals surface area contributed by atoms with Crippen LogP contribution in [0.3, 0.4) is 0 Å². The summed E-state index contributed by atoms with van der Waals surface area (Å²) in [5.41, 5.74) is 1.64. The molecule has 0 fully saturated rings. The molecule has 0 aliphatic carbocycles. The molecule has 152 valence electrons. The van der Waals surface area contributed by atoms with Gasteiger partial charge in [-0.1, -0.05) is 20.3 Å². The fourth-order valence-corrected chi connectivity index (χ4v) is 2.43. The number of unbranched alkanes of at least 4 members (excludes halogenated alkanes) is 1. The molecule has 6 nitrogen and oxygen atoms in total. The van der Waals surface area contributed by atoms with Gasteiger partial charge in [0.05, 0.1) is 30.9 Å². The molecule has 0 heterocycles. The Morgan fingerprint density at radius 3 is 2.19 bits per heavy atom. The number of carbonyl (C=O) groups is 2. The zero-order chi connectivity index (χ0) is 20.1. The van der Waals surface area contributed by atoms with Crippen molar-refractivity contribution in [3.8, 4) is 0 Å². The largest absolute Gasteiger partial charge is 0.462 e. The summed E-state index contributed by atoms with van der Waals surface area (Å²) in [6.07, 6.45) is 1.92. The third-order valence-corrected chi connectivity index (χ3v) is 3.96. The van der Waals surface area contributed by atoms with E-state index in [4.69, 9.17) is 18.9 Å². The standard InChI is InChI=1S/C21H32O6/c1-5-9-12-26-20(22)17-10-11-19(16(6-2)13-17)21(23)27-18(14-24-7-3)15-25-8-4/h10-11,13,18H,5-9,12,14-15H2,1-4H3. The molecule has 1 aromatic rings. The Morgan fingerprint density at radius 2 is 1.63 bits per heavy atom. The highest BCUT2D eigenvalue weighted by Crippen LogP contribution is 2.16. The summed E-state index contributed by atoms with van der Waals surface area (Å²) in [4.78, 5) is 24.7. The topological polar surface area (TPSA) is 71.1 Å². The molecule has 0 aliphatic heterocycles. The molecule has 0 amide bonds. The van der Waals surface area contributed by atoms with Gasteiger partial charge in [-0.25, -0.2) is 9.59 Å². The SMILES string of the molecule is CCCCOC(=O)c1ccc(C(=O)OC(COCC)COCC)c(CC)c1. The molecular weight excluding hydrogens is 348 g/mol. The lowest BCUT2D eigenvalue weighted by atomic mass is 10.0. The van der Waals surface area contributed by atoms with Gasteiger partial charge in [0, 0.05) is 13.2 Å². The molecule has 0 saturated carbocycles. The highest BCUT2D eigenvalue weighted by Gasteiger charge is 2.20. The molecule has 0 atom stereocenters. The molecule has 0 aromatic heterocycles. The molecule has 0 saturated heterocycles. The molecule has 1 rings (SSSR count). The second kappa shape index (κ2) is 13.3. The smallest absolute Gasteiger partial charge is 0.338 e. The zero-order valence-corrected chi connectivity index (χ0v) is 16.9. The molecule has 27 heavy (non-hydrogen) atoms. The molecule has 0 radical (unpaired) electrons.